The van der Waals surface area contributed by atoms with E-state index in [4.69, 9.17) is 17.3 Å². The lowest BCUT2D eigenvalue weighted by Crippen LogP contribution is -2.07. The highest BCUT2D eigenvalue weighted by molar-refractivity contribution is 6.30. The number of aromatic nitrogens is 3. The summed E-state index contributed by atoms with van der Waals surface area (Å²) in [5.74, 6) is 1.35. The van der Waals surface area contributed by atoms with Crippen LogP contribution in [0.1, 0.15) is 31.0 Å². The second kappa shape index (κ2) is 4.90. The zero-order chi connectivity index (χ0) is 13.3. The summed E-state index contributed by atoms with van der Waals surface area (Å²) in [5, 5.41) is 0.585. The third-order valence-corrected chi connectivity index (χ3v) is 2.92. The number of nitrogens with two attached hydrogens (primary N) is 1. The molecule has 2 aromatic heterocycles. The van der Waals surface area contributed by atoms with Gasteiger partial charge in [0.1, 0.15) is 11.5 Å². The smallest absolute Gasteiger partial charge is 0.180 e. The topological polar surface area (TPSA) is 64.7 Å². The predicted octanol–water partition coefficient (Wildman–Crippen LogP) is 3.21. The molecular formula is C13H15ClN4. The molecule has 4 nitrogen and oxygen atoms in total. The van der Waals surface area contributed by atoms with Crippen LogP contribution in [0.3, 0.4) is 0 Å². The minimum absolute atomic E-state index is 0.303. The van der Waals surface area contributed by atoms with E-state index in [1.165, 1.54) is 0 Å². The molecule has 0 saturated carbocycles. The second-order valence-corrected chi connectivity index (χ2v) is 4.88. The van der Waals surface area contributed by atoms with E-state index in [2.05, 4.69) is 28.8 Å². The molecule has 0 aromatic carbocycles. The van der Waals surface area contributed by atoms with Crippen LogP contribution in [0.2, 0.25) is 5.02 Å². The highest BCUT2D eigenvalue weighted by atomic mass is 35.5. The molecular weight excluding hydrogens is 248 g/mol. The fraction of sp³-hybridized carbons (Fsp3) is 0.308. The quantitative estimate of drug-likeness (QED) is 0.903. The zero-order valence-corrected chi connectivity index (χ0v) is 11.4. The normalized spacial score (nSPS) is 10.9. The van der Waals surface area contributed by atoms with Crippen molar-refractivity contribution in [3.63, 3.8) is 0 Å². The molecule has 0 saturated heterocycles. The lowest BCUT2D eigenvalue weighted by Gasteiger charge is -2.12. The number of rotatable bonds is 2. The average Bonchev–Trinajstić information content (AvgIpc) is 2.28. The first-order valence-corrected chi connectivity index (χ1v) is 6.12. The van der Waals surface area contributed by atoms with E-state index in [9.17, 15) is 0 Å². The minimum atomic E-state index is 0.303. The summed E-state index contributed by atoms with van der Waals surface area (Å²) in [6.45, 7) is 6.08. The van der Waals surface area contributed by atoms with Gasteiger partial charge in [0.15, 0.2) is 5.82 Å². The minimum Gasteiger partial charge on any atom is -0.383 e. The first kappa shape index (κ1) is 12.8. The maximum atomic E-state index is 5.99. The lowest BCUT2D eigenvalue weighted by molar-refractivity contribution is 0.835. The molecule has 18 heavy (non-hydrogen) atoms. The zero-order valence-electron chi connectivity index (χ0n) is 10.6. The van der Waals surface area contributed by atoms with E-state index >= 15 is 0 Å². The summed E-state index contributed by atoms with van der Waals surface area (Å²) < 4.78 is 0. The number of aryl methyl sites for hydroxylation is 1. The second-order valence-electron chi connectivity index (χ2n) is 4.45. The van der Waals surface area contributed by atoms with Crippen LogP contribution in [0, 0.1) is 6.92 Å². The number of hydrogen-bond acceptors (Lipinski definition) is 4. The average molecular weight is 263 g/mol. The maximum Gasteiger partial charge on any atom is 0.180 e. The third-order valence-electron chi connectivity index (χ3n) is 2.70. The molecule has 94 valence electrons. The Balaban J connectivity index is 2.51. The predicted molar refractivity (Wildman–Crippen MR) is 73.5 cm³/mol. The number of pyridine rings is 1. The van der Waals surface area contributed by atoms with Crippen molar-refractivity contribution in [3.8, 4) is 11.5 Å². The van der Waals surface area contributed by atoms with Gasteiger partial charge in [-0.2, -0.15) is 0 Å². The Kier molecular flexibility index (Phi) is 3.48. The van der Waals surface area contributed by atoms with Gasteiger partial charge in [-0.25, -0.2) is 9.97 Å². The Morgan fingerprint density at radius 3 is 2.44 bits per heavy atom. The Morgan fingerprint density at radius 1 is 1.22 bits per heavy atom. The van der Waals surface area contributed by atoms with Crippen molar-refractivity contribution < 1.29 is 0 Å². The van der Waals surface area contributed by atoms with E-state index in [1.807, 2.05) is 6.92 Å². The Hall–Kier alpha value is -1.68. The first-order chi connectivity index (χ1) is 8.49. The largest absolute Gasteiger partial charge is 0.383 e. The van der Waals surface area contributed by atoms with Gasteiger partial charge >= 0.3 is 0 Å². The molecule has 0 aliphatic rings. The van der Waals surface area contributed by atoms with E-state index in [0.29, 0.717) is 28.3 Å². The van der Waals surface area contributed by atoms with Crippen LogP contribution in [0.5, 0.6) is 0 Å². The van der Waals surface area contributed by atoms with Gasteiger partial charge in [0.2, 0.25) is 0 Å². The fourth-order valence-electron chi connectivity index (χ4n) is 1.94. The van der Waals surface area contributed by atoms with Gasteiger partial charge in [-0.1, -0.05) is 25.4 Å². The van der Waals surface area contributed by atoms with Gasteiger partial charge in [0, 0.05) is 17.5 Å². The van der Waals surface area contributed by atoms with Gasteiger partial charge in [-0.05, 0) is 25.0 Å². The summed E-state index contributed by atoms with van der Waals surface area (Å²) >= 11 is 5.80. The van der Waals surface area contributed by atoms with Crippen LogP contribution in [-0.4, -0.2) is 15.0 Å². The molecule has 0 aliphatic carbocycles. The molecule has 0 atom stereocenters. The maximum absolute atomic E-state index is 5.99. The van der Waals surface area contributed by atoms with E-state index in [1.54, 1.807) is 18.3 Å². The monoisotopic (exact) mass is 262 g/mol. The molecule has 2 rings (SSSR count). The first-order valence-electron chi connectivity index (χ1n) is 5.75. The third kappa shape index (κ3) is 2.43. The van der Waals surface area contributed by atoms with Crippen LogP contribution in [-0.2, 0) is 0 Å². The number of halogens is 1. The Bertz CT molecular complexity index is 541. The summed E-state index contributed by atoms with van der Waals surface area (Å²) in [5.41, 5.74) is 8.54. The summed E-state index contributed by atoms with van der Waals surface area (Å²) in [7, 11) is 0. The molecule has 5 heteroatoms. The highest BCUT2D eigenvalue weighted by Gasteiger charge is 2.13. The molecule has 0 radical (unpaired) electrons. The fourth-order valence-corrected chi connectivity index (χ4v) is 2.05. The van der Waals surface area contributed by atoms with Crippen molar-refractivity contribution in [2.24, 2.45) is 0 Å². The van der Waals surface area contributed by atoms with Gasteiger partial charge in [0.05, 0.1) is 5.02 Å². The molecule has 0 amide bonds. The SMILES string of the molecule is Cc1nc(-c2ccc(Cl)cn2)nc(N)c1C(C)C. The standard InChI is InChI=1S/C13H15ClN4/c1-7(2)11-8(3)17-13(18-12(11)15)10-5-4-9(14)6-16-10/h4-7H,1-3H3,(H2,15,17,18). The molecule has 2 N–H and O–H groups in total. The van der Waals surface area contributed by atoms with Crippen LogP contribution in [0.25, 0.3) is 11.5 Å². The Labute approximate surface area is 111 Å². The highest BCUT2D eigenvalue weighted by Crippen LogP contribution is 2.25. The van der Waals surface area contributed by atoms with Crippen molar-refractivity contribution in [1.29, 1.82) is 0 Å². The number of nitrogens with zero attached hydrogens (tertiary/aromatic N) is 3. The molecule has 0 fully saturated rings. The van der Waals surface area contributed by atoms with E-state index in [0.717, 1.165) is 11.3 Å². The van der Waals surface area contributed by atoms with E-state index < -0.39 is 0 Å². The van der Waals surface area contributed by atoms with Gasteiger partial charge in [-0.3, -0.25) is 4.98 Å². The number of nitrogen functional groups attached to an aromatic ring is 1. The van der Waals surface area contributed by atoms with Crippen LogP contribution >= 0.6 is 11.6 Å². The molecule has 0 aliphatic heterocycles. The Morgan fingerprint density at radius 2 is 1.94 bits per heavy atom. The molecule has 0 bridgehead atoms. The summed E-state index contributed by atoms with van der Waals surface area (Å²) in [4.78, 5) is 13.0. The molecule has 0 unspecified atom stereocenters. The number of hydrogen-bond donors (Lipinski definition) is 1. The van der Waals surface area contributed by atoms with Gasteiger partial charge < -0.3 is 5.73 Å². The van der Waals surface area contributed by atoms with Crippen LogP contribution < -0.4 is 5.73 Å². The van der Waals surface area contributed by atoms with Gasteiger partial charge in [0.25, 0.3) is 0 Å². The van der Waals surface area contributed by atoms with Crippen molar-refractivity contribution >= 4 is 17.4 Å². The van der Waals surface area contributed by atoms with Crippen molar-refractivity contribution in [2.75, 3.05) is 5.73 Å². The summed E-state index contributed by atoms with van der Waals surface area (Å²) in [6, 6.07) is 3.54. The summed E-state index contributed by atoms with van der Waals surface area (Å²) in [6.07, 6.45) is 1.57. The molecule has 0 spiro atoms. The van der Waals surface area contributed by atoms with Crippen molar-refractivity contribution in [3.05, 3.63) is 34.6 Å². The van der Waals surface area contributed by atoms with Crippen molar-refractivity contribution in [2.45, 2.75) is 26.7 Å². The van der Waals surface area contributed by atoms with Crippen molar-refractivity contribution in [1.82, 2.24) is 15.0 Å². The lowest BCUT2D eigenvalue weighted by atomic mass is 10.0. The molecule has 2 aromatic rings. The van der Waals surface area contributed by atoms with E-state index in [-0.39, 0.29) is 0 Å². The van der Waals surface area contributed by atoms with Gasteiger partial charge in [-0.15, -0.1) is 0 Å². The van der Waals surface area contributed by atoms with Crippen LogP contribution in [0.4, 0.5) is 5.82 Å². The molecule has 2 heterocycles. The number of anilines is 1. The van der Waals surface area contributed by atoms with Crippen LogP contribution in [0.15, 0.2) is 18.3 Å².